The number of hydrogen-bond donors (Lipinski definition) is 2. The van der Waals surface area contributed by atoms with Gasteiger partial charge in [-0.05, 0) is 29.9 Å². The number of rotatable bonds is 3. The van der Waals surface area contributed by atoms with Crippen LogP contribution in [0, 0.1) is 0 Å². The third-order valence-electron chi connectivity index (χ3n) is 3.92. The van der Waals surface area contributed by atoms with Crippen molar-refractivity contribution in [1.82, 2.24) is 19.5 Å². The van der Waals surface area contributed by atoms with Crippen LogP contribution in [0.25, 0.3) is 11.2 Å². The van der Waals surface area contributed by atoms with Crippen LogP contribution in [0.15, 0.2) is 30.6 Å². The van der Waals surface area contributed by atoms with Crippen molar-refractivity contribution in [3.05, 3.63) is 41.7 Å². The van der Waals surface area contributed by atoms with Crippen molar-refractivity contribution in [3.63, 3.8) is 0 Å². The smallest absolute Gasteiger partial charge is 0.224 e. The zero-order valence-corrected chi connectivity index (χ0v) is 11.5. The molecular formula is C15H16N6. The summed E-state index contributed by atoms with van der Waals surface area (Å²) in [6, 6.07) is 8.54. The van der Waals surface area contributed by atoms with Gasteiger partial charge in [0.05, 0.1) is 12.9 Å². The fourth-order valence-electron chi connectivity index (χ4n) is 2.75. The van der Waals surface area contributed by atoms with Crippen LogP contribution in [0.4, 0.5) is 11.8 Å². The molecule has 0 amide bonds. The van der Waals surface area contributed by atoms with Crippen LogP contribution in [0.5, 0.6) is 0 Å². The van der Waals surface area contributed by atoms with Gasteiger partial charge in [0.1, 0.15) is 5.52 Å². The van der Waals surface area contributed by atoms with Gasteiger partial charge in [-0.1, -0.05) is 24.3 Å². The fourth-order valence-corrected chi connectivity index (χ4v) is 2.75. The second kappa shape index (κ2) is 4.44. The predicted molar refractivity (Wildman–Crippen MR) is 81.7 cm³/mol. The van der Waals surface area contributed by atoms with Crippen LogP contribution >= 0.6 is 0 Å². The van der Waals surface area contributed by atoms with Crippen LogP contribution in [-0.4, -0.2) is 19.5 Å². The van der Waals surface area contributed by atoms with Crippen molar-refractivity contribution in [2.45, 2.75) is 25.3 Å². The number of nitrogens with zero attached hydrogens (tertiary/aromatic N) is 4. The van der Waals surface area contributed by atoms with Gasteiger partial charge in [0.25, 0.3) is 0 Å². The maximum atomic E-state index is 5.84. The summed E-state index contributed by atoms with van der Waals surface area (Å²) < 4.78 is 1.98. The summed E-state index contributed by atoms with van der Waals surface area (Å²) in [5.41, 5.74) is 15.6. The molecule has 0 atom stereocenters. The number of imidazole rings is 1. The minimum absolute atomic E-state index is 0.178. The minimum Gasteiger partial charge on any atom is -0.382 e. The average Bonchev–Trinajstić information content (AvgIpc) is 3.23. The fraction of sp³-hybridized carbons (Fsp3) is 0.267. The molecule has 1 aromatic carbocycles. The van der Waals surface area contributed by atoms with E-state index in [1.165, 1.54) is 24.0 Å². The largest absolute Gasteiger partial charge is 0.382 e. The first kappa shape index (κ1) is 12.1. The highest BCUT2D eigenvalue weighted by Gasteiger charge is 2.25. The molecule has 1 aliphatic carbocycles. The van der Waals surface area contributed by atoms with Crippen LogP contribution in [0.3, 0.4) is 0 Å². The molecule has 0 radical (unpaired) electrons. The van der Waals surface area contributed by atoms with E-state index < -0.39 is 0 Å². The number of nitrogens with two attached hydrogens (primary N) is 2. The molecule has 4 N–H and O–H groups in total. The Hall–Kier alpha value is -2.63. The van der Waals surface area contributed by atoms with E-state index in [0.29, 0.717) is 22.9 Å². The minimum atomic E-state index is 0.178. The Labute approximate surface area is 121 Å². The second-order valence-electron chi connectivity index (χ2n) is 5.48. The molecule has 3 aromatic rings. The molecular weight excluding hydrogens is 264 g/mol. The van der Waals surface area contributed by atoms with E-state index in [-0.39, 0.29) is 5.95 Å². The third-order valence-corrected chi connectivity index (χ3v) is 3.92. The number of anilines is 2. The Morgan fingerprint density at radius 1 is 1.14 bits per heavy atom. The van der Waals surface area contributed by atoms with Crippen molar-refractivity contribution < 1.29 is 0 Å². The highest BCUT2D eigenvalue weighted by Crippen LogP contribution is 2.41. The Bertz CT molecular complexity index is 818. The lowest BCUT2D eigenvalue weighted by Crippen LogP contribution is -2.05. The highest BCUT2D eigenvalue weighted by molar-refractivity contribution is 5.82. The summed E-state index contributed by atoms with van der Waals surface area (Å²) in [5, 5.41) is 0. The van der Waals surface area contributed by atoms with Gasteiger partial charge in [-0.25, -0.2) is 4.98 Å². The molecule has 1 fully saturated rings. The van der Waals surface area contributed by atoms with E-state index in [1.807, 2.05) is 4.57 Å². The molecule has 106 valence electrons. The molecule has 0 unspecified atom stereocenters. The first-order valence-electron chi connectivity index (χ1n) is 7.04. The summed E-state index contributed by atoms with van der Waals surface area (Å²) >= 11 is 0. The standard InChI is InChI=1S/C15H16N6/c16-13-12-14(20-15(17)19-13)21(8-18-12)7-10-3-1-2-4-11(10)9-5-6-9/h1-4,8-9H,5-7H2,(H4,16,17,19,20). The van der Waals surface area contributed by atoms with Gasteiger partial charge < -0.3 is 16.0 Å². The van der Waals surface area contributed by atoms with Crippen molar-refractivity contribution in [2.75, 3.05) is 11.5 Å². The first-order valence-corrected chi connectivity index (χ1v) is 7.04. The van der Waals surface area contributed by atoms with Crippen molar-refractivity contribution in [3.8, 4) is 0 Å². The van der Waals surface area contributed by atoms with E-state index in [4.69, 9.17) is 11.5 Å². The molecule has 6 nitrogen and oxygen atoms in total. The average molecular weight is 280 g/mol. The molecule has 21 heavy (non-hydrogen) atoms. The number of aromatic nitrogens is 4. The maximum Gasteiger partial charge on any atom is 0.224 e. The van der Waals surface area contributed by atoms with E-state index in [9.17, 15) is 0 Å². The second-order valence-corrected chi connectivity index (χ2v) is 5.48. The number of benzene rings is 1. The summed E-state index contributed by atoms with van der Waals surface area (Å²) in [6.45, 7) is 0.721. The summed E-state index contributed by atoms with van der Waals surface area (Å²) in [4.78, 5) is 12.5. The van der Waals surface area contributed by atoms with E-state index >= 15 is 0 Å². The van der Waals surface area contributed by atoms with Gasteiger partial charge in [-0.15, -0.1) is 0 Å². The molecule has 0 aliphatic heterocycles. The molecule has 4 rings (SSSR count). The van der Waals surface area contributed by atoms with Crippen LogP contribution < -0.4 is 11.5 Å². The van der Waals surface area contributed by atoms with Crippen molar-refractivity contribution in [2.24, 2.45) is 0 Å². The maximum absolute atomic E-state index is 5.84. The zero-order valence-electron chi connectivity index (χ0n) is 11.5. The van der Waals surface area contributed by atoms with Crippen molar-refractivity contribution in [1.29, 1.82) is 0 Å². The topological polar surface area (TPSA) is 95.6 Å². The Kier molecular flexibility index (Phi) is 2.57. The zero-order chi connectivity index (χ0) is 14.4. The molecule has 0 saturated heterocycles. The third kappa shape index (κ3) is 2.08. The number of fused-ring (bicyclic) bond motifs is 1. The Morgan fingerprint density at radius 3 is 2.76 bits per heavy atom. The lowest BCUT2D eigenvalue weighted by atomic mass is 10.0. The van der Waals surface area contributed by atoms with E-state index in [1.54, 1.807) is 6.33 Å². The van der Waals surface area contributed by atoms with Gasteiger partial charge in [-0.2, -0.15) is 9.97 Å². The SMILES string of the molecule is Nc1nc(N)c2ncn(Cc3ccccc3C3CC3)c2n1. The molecule has 0 spiro atoms. The van der Waals surface area contributed by atoms with Crippen LogP contribution in [0.1, 0.15) is 29.9 Å². The summed E-state index contributed by atoms with van der Waals surface area (Å²) in [7, 11) is 0. The quantitative estimate of drug-likeness (QED) is 0.764. The monoisotopic (exact) mass is 280 g/mol. The number of nitrogen functional groups attached to an aromatic ring is 2. The lowest BCUT2D eigenvalue weighted by Gasteiger charge is -2.10. The molecule has 1 aliphatic rings. The first-order chi connectivity index (χ1) is 10.2. The van der Waals surface area contributed by atoms with Crippen LogP contribution in [-0.2, 0) is 6.54 Å². The van der Waals surface area contributed by atoms with Gasteiger partial charge in [0, 0.05) is 0 Å². The van der Waals surface area contributed by atoms with E-state index in [2.05, 4.69) is 39.2 Å². The molecule has 2 heterocycles. The highest BCUT2D eigenvalue weighted by atomic mass is 15.2. The molecule has 6 heteroatoms. The Balaban J connectivity index is 1.78. The summed E-state index contributed by atoms with van der Waals surface area (Å²) in [6.07, 6.45) is 4.31. The molecule has 2 aromatic heterocycles. The van der Waals surface area contributed by atoms with Gasteiger partial charge >= 0.3 is 0 Å². The van der Waals surface area contributed by atoms with E-state index in [0.717, 1.165) is 6.54 Å². The molecule has 0 bridgehead atoms. The predicted octanol–water partition coefficient (Wildman–Crippen LogP) is 1.92. The summed E-state index contributed by atoms with van der Waals surface area (Å²) in [5.74, 6) is 1.21. The Morgan fingerprint density at radius 2 is 1.95 bits per heavy atom. The van der Waals surface area contributed by atoms with Crippen LogP contribution in [0.2, 0.25) is 0 Å². The normalized spacial score (nSPS) is 14.7. The van der Waals surface area contributed by atoms with Gasteiger partial charge in [0.15, 0.2) is 11.5 Å². The van der Waals surface area contributed by atoms with Gasteiger partial charge in [0.2, 0.25) is 5.95 Å². The molecule has 1 saturated carbocycles. The van der Waals surface area contributed by atoms with Gasteiger partial charge in [-0.3, -0.25) is 0 Å². The van der Waals surface area contributed by atoms with Crippen molar-refractivity contribution >= 4 is 22.9 Å². The lowest BCUT2D eigenvalue weighted by molar-refractivity contribution is 0.801. The number of hydrogen-bond acceptors (Lipinski definition) is 5.